The van der Waals surface area contributed by atoms with Crippen molar-refractivity contribution in [2.75, 3.05) is 19.6 Å². The van der Waals surface area contributed by atoms with Crippen LogP contribution < -0.4 is 11.5 Å². The highest BCUT2D eigenvalue weighted by molar-refractivity contribution is 5.79. The Morgan fingerprint density at radius 3 is 2.64 bits per heavy atom. The van der Waals surface area contributed by atoms with Crippen LogP contribution in [0.4, 0.5) is 0 Å². The molecule has 1 heterocycles. The van der Waals surface area contributed by atoms with E-state index in [0.29, 0.717) is 12.5 Å². The highest BCUT2D eigenvalue weighted by atomic mass is 16.1. The molecule has 1 saturated heterocycles. The third-order valence-corrected chi connectivity index (χ3v) is 3.24. The summed E-state index contributed by atoms with van der Waals surface area (Å²) in [4.78, 5) is 13.0. The molecular formula is C10H21N3O. The predicted molar refractivity (Wildman–Crippen MR) is 56.6 cm³/mol. The van der Waals surface area contributed by atoms with Crippen LogP contribution in [-0.2, 0) is 4.79 Å². The van der Waals surface area contributed by atoms with Crippen LogP contribution in [0.1, 0.15) is 20.3 Å². The molecule has 0 spiro atoms. The van der Waals surface area contributed by atoms with Crippen LogP contribution >= 0.6 is 0 Å². The van der Waals surface area contributed by atoms with E-state index in [1.54, 1.807) is 0 Å². The van der Waals surface area contributed by atoms with Crippen molar-refractivity contribution in [2.24, 2.45) is 23.3 Å². The second-order valence-corrected chi connectivity index (χ2v) is 4.51. The van der Waals surface area contributed by atoms with Crippen LogP contribution in [0, 0.1) is 11.8 Å². The molecule has 3 unspecified atom stereocenters. The Bertz CT molecular complexity index is 208. The third kappa shape index (κ3) is 2.96. The molecule has 0 radical (unpaired) electrons. The molecule has 0 aromatic heterocycles. The Hall–Kier alpha value is -0.610. The summed E-state index contributed by atoms with van der Waals surface area (Å²) >= 11 is 0. The smallest absolute Gasteiger partial charge is 0.235 e. The number of piperidine rings is 1. The van der Waals surface area contributed by atoms with Crippen molar-refractivity contribution in [1.29, 1.82) is 0 Å². The Morgan fingerprint density at radius 1 is 1.50 bits per heavy atom. The first-order valence-electron chi connectivity index (χ1n) is 5.28. The molecule has 1 amide bonds. The molecule has 4 heteroatoms. The average Bonchev–Trinajstić information content (AvgIpc) is 2.11. The number of hydrogen-bond acceptors (Lipinski definition) is 3. The van der Waals surface area contributed by atoms with Crippen molar-refractivity contribution in [2.45, 2.75) is 26.3 Å². The molecule has 0 aliphatic carbocycles. The number of rotatable bonds is 3. The fourth-order valence-corrected chi connectivity index (χ4v) is 1.88. The molecule has 14 heavy (non-hydrogen) atoms. The number of likely N-dealkylation sites (tertiary alicyclic amines) is 1. The molecule has 0 aromatic rings. The Balaban J connectivity index is 2.36. The Labute approximate surface area is 85.6 Å². The van der Waals surface area contributed by atoms with Gasteiger partial charge in [0, 0.05) is 13.1 Å². The number of nitrogens with two attached hydrogens (primary N) is 2. The summed E-state index contributed by atoms with van der Waals surface area (Å²) in [5.74, 6) is 1.05. The Morgan fingerprint density at radius 2 is 2.14 bits per heavy atom. The number of carbonyl (C=O) groups excluding carboxylic acids is 1. The zero-order valence-electron chi connectivity index (χ0n) is 9.07. The van der Waals surface area contributed by atoms with Crippen molar-refractivity contribution in [3.63, 3.8) is 0 Å². The summed E-state index contributed by atoms with van der Waals surface area (Å²) in [7, 11) is 0. The molecule has 1 rings (SSSR count). The van der Waals surface area contributed by atoms with E-state index >= 15 is 0 Å². The van der Waals surface area contributed by atoms with E-state index in [1.165, 1.54) is 6.42 Å². The third-order valence-electron chi connectivity index (χ3n) is 3.24. The molecule has 1 aliphatic heterocycles. The van der Waals surface area contributed by atoms with Gasteiger partial charge in [-0.3, -0.25) is 4.79 Å². The maximum Gasteiger partial charge on any atom is 0.235 e. The minimum absolute atomic E-state index is 0.406. The van der Waals surface area contributed by atoms with Crippen LogP contribution in [0.3, 0.4) is 0 Å². The average molecular weight is 199 g/mol. The molecule has 0 saturated carbocycles. The van der Waals surface area contributed by atoms with E-state index in [9.17, 15) is 4.79 Å². The van der Waals surface area contributed by atoms with Gasteiger partial charge in [-0.2, -0.15) is 0 Å². The van der Waals surface area contributed by atoms with Gasteiger partial charge in [-0.05, 0) is 24.8 Å². The first-order valence-corrected chi connectivity index (χ1v) is 5.28. The van der Waals surface area contributed by atoms with Gasteiger partial charge in [0.2, 0.25) is 5.91 Å². The first kappa shape index (κ1) is 11.5. The molecular weight excluding hydrogens is 178 g/mol. The summed E-state index contributed by atoms with van der Waals surface area (Å²) in [5.41, 5.74) is 10.7. The standard InChI is InChI=1S/C10H21N3O/c1-7-3-4-13(5-8(7)2)6-9(11)10(12)14/h7-9H,3-6,11H2,1-2H3,(H2,12,14). The second kappa shape index (κ2) is 4.75. The fraction of sp³-hybridized carbons (Fsp3) is 0.900. The number of amides is 1. The maximum atomic E-state index is 10.8. The van der Waals surface area contributed by atoms with E-state index in [1.807, 2.05) is 0 Å². The largest absolute Gasteiger partial charge is 0.368 e. The van der Waals surface area contributed by atoms with Gasteiger partial charge >= 0.3 is 0 Å². The highest BCUT2D eigenvalue weighted by Crippen LogP contribution is 2.22. The van der Waals surface area contributed by atoms with Gasteiger partial charge in [-0.15, -0.1) is 0 Å². The summed E-state index contributed by atoms with van der Waals surface area (Å²) in [6.07, 6.45) is 1.19. The lowest BCUT2D eigenvalue weighted by molar-refractivity contribution is -0.119. The summed E-state index contributed by atoms with van der Waals surface area (Å²) < 4.78 is 0. The monoisotopic (exact) mass is 199 g/mol. The van der Waals surface area contributed by atoms with Gasteiger partial charge in [0.1, 0.15) is 0 Å². The Kier molecular flexibility index (Phi) is 3.89. The van der Waals surface area contributed by atoms with E-state index in [-0.39, 0.29) is 0 Å². The minimum atomic E-state index is -0.518. The fourth-order valence-electron chi connectivity index (χ4n) is 1.88. The van der Waals surface area contributed by atoms with Crippen LogP contribution in [-0.4, -0.2) is 36.5 Å². The number of nitrogens with zero attached hydrogens (tertiary/aromatic N) is 1. The lowest BCUT2D eigenvalue weighted by Gasteiger charge is -2.36. The van der Waals surface area contributed by atoms with Crippen molar-refractivity contribution in [3.05, 3.63) is 0 Å². The molecule has 1 fully saturated rings. The van der Waals surface area contributed by atoms with Gasteiger partial charge in [0.05, 0.1) is 6.04 Å². The maximum absolute atomic E-state index is 10.8. The van der Waals surface area contributed by atoms with Gasteiger partial charge in [0.25, 0.3) is 0 Å². The highest BCUT2D eigenvalue weighted by Gasteiger charge is 2.24. The normalized spacial score (nSPS) is 31.4. The molecule has 3 atom stereocenters. The van der Waals surface area contributed by atoms with Crippen molar-refractivity contribution < 1.29 is 4.79 Å². The molecule has 4 N–H and O–H groups in total. The van der Waals surface area contributed by atoms with Gasteiger partial charge in [-0.1, -0.05) is 13.8 Å². The molecule has 0 bridgehead atoms. The lowest BCUT2D eigenvalue weighted by Crippen LogP contribution is -2.49. The van der Waals surface area contributed by atoms with Crippen LogP contribution in [0.5, 0.6) is 0 Å². The quantitative estimate of drug-likeness (QED) is 0.660. The van der Waals surface area contributed by atoms with Crippen molar-refractivity contribution >= 4 is 5.91 Å². The SMILES string of the molecule is CC1CCN(CC(N)C(N)=O)CC1C. The minimum Gasteiger partial charge on any atom is -0.368 e. The van der Waals surface area contributed by atoms with Gasteiger partial charge < -0.3 is 16.4 Å². The zero-order valence-corrected chi connectivity index (χ0v) is 9.07. The van der Waals surface area contributed by atoms with E-state index in [4.69, 9.17) is 11.5 Å². The summed E-state index contributed by atoms with van der Waals surface area (Å²) in [5, 5.41) is 0. The number of primary amides is 1. The van der Waals surface area contributed by atoms with Gasteiger partial charge in [0.15, 0.2) is 0 Å². The topological polar surface area (TPSA) is 72.3 Å². The predicted octanol–water partition coefficient (Wildman–Crippen LogP) is -0.223. The molecule has 82 valence electrons. The van der Waals surface area contributed by atoms with Crippen LogP contribution in [0.15, 0.2) is 0 Å². The molecule has 4 nitrogen and oxygen atoms in total. The zero-order chi connectivity index (χ0) is 10.7. The molecule has 0 aromatic carbocycles. The van der Waals surface area contributed by atoms with Crippen LogP contribution in [0.2, 0.25) is 0 Å². The lowest BCUT2D eigenvalue weighted by atomic mass is 9.88. The first-order chi connectivity index (χ1) is 6.50. The number of hydrogen-bond donors (Lipinski definition) is 2. The van der Waals surface area contributed by atoms with Crippen molar-refractivity contribution in [1.82, 2.24) is 4.90 Å². The number of carbonyl (C=O) groups is 1. The second-order valence-electron chi connectivity index (χ2n) is 4.51. The van der Waals surface area contributed by atoms with Crippen LogP contribution in [0.25, 0.3) is 0 Å². The van der Waals surface area contributed by atoms with E-state index in [0.717, 1.165) is 19.0 Å². The molecule has 1 aliphatic rings. The summed E-state index contributed by atoms with van der Waals surface area (Å²) in [6, 6.07) is -0.518. The van der Waals surface area contributed by atoms with E-state index < -0.39 is 11.9 Å². The van der Waals surface area contributed by atoms with Gasteiger partial charge in [-0.25, -0.2) is 0 Å². The van der Waals surface area contributed by atoms with Crippen molar-refractivity contribution in [3.8, 4) is 0 Å². The van der Waals surface area contributed by atoms with E-state index in [2.05, 4.69) is 18.7 Å². The summed E-state index contributed by atoms with van der Waals surface area (Å²) in [6.45, 7) is 7.18.